The van der Waals surface area contributed by atoms with Crippen LogP contribution in [0.5, 0.6) is 5.88 Å². The van der Waals surface area contributed by atoms with Crippen LogP contribution in [-0.2, 0) is 0 Å². The zero-order valence-electron chi connectivity index (χ0n) is 10.0. The molecule has 2 bridgehead atoms. The Morgan fingerprint density at radius 3 is 2.59 bits per heavy atom. The van der Waals surface area contributed by atoms with Crippen molar-refractivity contribution in [3.63, 3.8) is 0 Å². The molecule has 1 aromatic rings. The molecule has 0 aromatic carbocycles. The first-order valence-corrected chi connectivity index (χ1v) is 6.77. The molecule has 2 atom stereocenters. The molecule has 2 aliphatic carbocycles. The summed E-state index contributed by atoms with van der Waals surface area (Å²) in [5.74, 6) is 2.12. The van der Waals surface area contributed by atoms with E-state index < -0.39 is 0 Å². The zero-order chi connectivity index (χ0) is 11.8. The number of hydrogen-bond acceptors (Lipinski definition) is 3. The van der Waals surface area contributed by atoms with E-state index in [-0.39, 0.29) is 0 Å². The molecule has 2 saturated carbocycles. The van der Waals surface area contributed by atoms with Crippen LogP contribution >= 0.6 is 11.6 Å². The minimum Gasteiger partial charge on any atom is -0.473 e. The normalized spacial score (nSPS) is 31.5. The molecule has 0 spiro atoms. The minimum absolute atomic E-state index is 0.355. The van der Waals surface area contributed by atoms with Gasteiger partial charge in [-0.3, -0.25) is 0 Å². The summed E-state index contributed by atoms with van der Waals surface area (Å²) in [5.41, 5.74) is 0.860. The van der Waals surface area contributed by atoms with Gasteiger partial charge in [0.1, 0.15) is 17.6 Å². The molecule has 92 valence electrons. The summed E-state index contributed by atoms with van der Waals surface area (Å²) in [6.45, 7) is 1.92. The highest BCUT2D eigenvalue weighted by molar-refractivity contribution is 6.30. The monoisotopic (exact) mass is 252 g/mol. The Morgan fingerprint density at radius 2 is 1.88 bits per heavy atom. The van der Waals surface area contributed by atoms with E-state index >= 15 is 0 Å². The number of aromatic nitrogens is 2. The number of ether oxygens (including phenoxy) is 1. The Hall–Kier alpha value is -0.830. The second-order valence-electron chi connectivity index (χ2n) is 5.21. The first-order valence-electron chi connectivity index (χ1n) is 6.39. The van der Waals surface area contributed by atoms with Gasteiger partial charge < -0.3 is 4.74 Å². The fourth-order valence-electron chi connectivity index (χ4n) is 3.26. The van der Waals surface area contributed by atoms with Crippen molar-refractivity contribution in [2.24, 2.45) is 11.8 Å². The highest BCUT2D eigenvalue weighted by atomic mass is 35.5. The summed E-state index contributed by atoms with van der Waals surface area (Å²) in [6, 6.07) is 0. The molecular weight excluding hydrogens is 236 g/mol. The van der Waals surface area contributed by atoms with E-state index in [1.165, 1.54) is 38.4 Å². The molecule has 0 radical (unpaired) electrons. The van der Waals surface area contributed by atoms with Crippen LogP contribution in [0, 0.1) is 18.8 Å². The van der Waals surface area contributed by atoms with Gasteiger partial charge in [0, 0.05) is 5.56 Å². The summed E-state index contributed by atoms with van der Waals surface area (Å²) >= 11 is 5.99. The average molecular weight is 253 g/mol. The lowest BCUT2D eigenvalue weighted by Crippen LogP contribution is -2.32. The van der Waals surface area contributed by atoms with Crippen molar-refractivity contribution < 1.29 is 4.74 Å². The molecule has 17 heavy (non-hydrogen) atoms. The summed E-state index contributed by atoms with van der Waals surface area (Å²) < 4.78 is 6.12. The summed E-state index contributed by atoms with van der Waals surface area (Å²) in [6.07, 6.45) is 8.43. The smallest absolute Gasteiger partial charge is 0.221 e. The third kappa shape index (κ3) is 2.01. The lowest BCUT2D eigenvalue weighted by Gasteiger charge is -2.30. The summed E-state index contributed by atoms with van der Waals surface area (Å²) in [5, 5.41) is 0.498. The number of fused-ring (bicyclic) bond motifs is 2. The van der Waals surface area contributed by atoms with E-state index in [1.54, 1.807) is 0 Å². The van der Waals surface area contributed by atoms with Gasteiger partial charge in [-0.05, 0) is 44.4 Å². The Balaban J connectivity index is 1.81. The zero-order valence-corrected chi connectivity index (χ0v) is 10.8. The van der Waals surface area contributed by atoms with Gasteiger partial charge >= 0.3 is 0 Å². The molecule has 0 aliphatic heterocycles. The quantitative estimate of drug-likeness (QED) is 0.757. The molecule has 2 unspecified atom stereocenters. The lowest BCUT2D eigenvalue weighted by molar-refractivity contribution is 0.0781. The van der Waals surface area contributed by atoms with Crippen LogP contribution in [-0.4, -0.2) is 16.1 Å². The molecule has 0 N–H and O–H groups in total. The van der Waals surface area contributed by atoms with Gasteiger partial charge in [0.05, 0.1) is 0 Å². The van der Waals surface area contributed by atoms with Gasteiger partial charge in [-0.15, -0.1) is 0 Å². The predicted octanol–water partition coefficient (Wildman–Crippen LogP) is 3.40. The van der Waals surface area contributed by atoms with Gasteiger partial charge in [0.25, 0.3) is 0 Å². The fraction of sp³-hybridized carbons (Fsp3) is 0.692. The molecule has 1 heterocycles. The maximum Gasteiger partial charge on any atom is 0.221 e. The predicted molar refractivity (Wildman–Crippen MR) is 66.3 cm³/mol. The van der Waals surface area contributed by atoms with Crippen LogP contribution in [0.1, 0.15) is 37.7 Å². The molecule has 3 rings (SSSR count). The van der Waals surface area contributed by atoms with Crippen LogP contribution in [0.25, 0.3) is 0 Å². The maximum absolute atomic E-state index is 6.12. The SMILES string of the molecule is Cc1c(Cl)ncnc1OC1C2CCCC1CC2. The Bertz CT molecular complexity index is 408. The fourth-order valence-corrected chi connectivity index (χ4v) is 3.38. The van der Waals surface area contributed by atoms with Crippen molar-refractivity contribution in [3.05, 3.63) is 17.0 Å². The van der Waals surface area contributed by atoms with Crippen molar-refractivity contribution in [2.45, 2.75) is 45.1 Å². The van der Waals surface area contributed by atoms with Gasteiger partial charge in [-0.1, -0.05) is 18.0 Å². The first-order chi connectivity index (χ1) is 8.25. The summed E-state index contributed by atoms with van der Waals surface area (Å²) in [7, 11) is 0. The highest BCUT2D eigenvalue weighted by Gasteiger charge is 2.40. The molecule has 3 nitrogen and oxygen atoms in total. The molecular formula is C13H17ClN2O. The molecule has 0 saturated heterocycles. The number of nitrogens with zero attached hydrogens (tertiary/aromatic N) is 2. The number of rotatable bonds is 2. The van der Waals surface area contributed by atoms with Gasteiger partial charge in [-0.25, -0.2) is 9.97 Å². The first kappa shape index (κ1) is 11.3. The average Bonchev–Trinajstić information content (AvgIpc) is 2.57. The maximum atomic E-state index is 6.12. The van der Waals surface area contributed by atoms with Crippen LogP contribution < -0.4 is 4.74 Å². The molecule has 4 heteroatoms. The van der Waals surface area contributed by atoms with E-state index in [1.807, 2.05) is 6.92 Å². The minimum atomic E-state index is 0.355. The van der Waals surface area contributed by atoms with Crippen molar-refractivity contribution >= 4 is 11.6 Å². The number of halogens is 1. The molecule has 2 fully saturated rings. The molecule has 0 amide bonds. The van der Waals surface area contributed by atoms with Crippen molar-refractivity contribution in [1.29, 1.82) is 0 Å². The second kappa shape index (κ2) is 4.45. The Labute approximate surface area is 107 Å². The van der Waals surface area contributed by atoms with Crippen LogP contribution in [0.4, 0.5) is 0 Å². The van der Waals surface area contributed by atoms with Crippen molar-refractivity contribution in [1.82, 2.24) is 9.97 Å². The number of hydrogen-bond donors (Lipinski definition) is 0. The van der Waals surface area contributed by atoms with Crippen LogP contribution in [0.2, 0.25) is 5.15 Å². The standard InChI is InChI=1S/C13H17ClN2O/c1-8-12(14)15-7-16-13(8)17-11-9-3-2-4-10(11)6-5-9/h7,9-11H,2-6H2,1H3. The highest BCUT2D eigenvalue weighted by Crippen LogP contribution is 2.44. The van der Waals surface area contributed by atoms with Crippen molar-refractivity contribution in [2.75, 3.05) is 0 Å². The van der Waals surface area contributed by atoms with E-state index in [0.717, 1.165) is 17.4 Å². The van der Waals surface area contributed by atoms with Crippen molar-refractivity contribution in [3.8, 4) is 5.88 Å². The van der Waals surface area contributed by atoms with Crippen LogP contribution in [0.15, 0.2) is 6.33 Å². The van der Waals surface area contributed by atoms with E-state index in [0.29, 0.717) is 17.1 Å². The largest absolute Gasteiger partial charge is 0.473 e. The molecule has 2 aliphatic rings. The van der Waals surface area contributed by atoms with Gasteiger partial charge in [0.2, 0.25) is 5.88 Å². The Kier molecular flexibility index (Phi) is 2.95. The van der Waals surface area contributed by atoms with Gasteiger partial charge in [0.15, 0.2) is 0 Å². The van der Waals surface area contributed by atoms with Crippen LogP contribution in [0.3, 0.4) is 0 Å². The van der Waals surface area contributed by atoms with E-state index in [4.69, 9.17) is 16.3 Å². The van der Waals surface area contributed by atoms with E-state index in [2.05, 4.69) is 9.97 Å². The van der Waals surface area contributed by atoms with E-state index in [9.17, 15) is 0 Å². The summed E-state index contributed by atoms with van der Waals surface area (Å²) in [4.78, 5) is 8.17. The molecule has 1 aromatic heterocycles. The Morgan fingerprint density at radius 1 is 1.18 bits per heavy atom. The van der Waals surface area contributed by atoms with Gasteiger partial charge in [-0.2, -0.15) is 0 Å². The lowest BCUT2D eigenvalue weighted by atomic mass is 9.86. The third-order valence-electron chi connectivity index (χ3n) is 4.21. The topological polar surface area (TPSA) is 35.0 Å². The third-order valence-corrected chi connectivity index (χ3v) is 4.59. The second-order valence-corrected chi connectivity index (χ2v) is 5.56.